The number of para-hydroxylation sites is 1. The minimum atomic E-state index is 0.295. The Bertz CT molecular complexity index is 732. The molecular formula is C18H17BrN2. The van der Waals surface area contributed by atoms with E-state index in [4.69, 9.17) is 0 Å². The summed E-state index contributed by atoms with van der Waals surface area (Å²) < 4.78 is 1.11. The Hall–Kier alpha value is -1.71. The number of pyridine rings is 1. The average Bonchev–Trinajstić information content (AvgIpc) is 2.54. The molecule has 0 spiro atoms. The number of hydrogen-bond donors (Lipinski definition) is 1. The van der Waals surface area contributed by atoms with Crippen molar-refractivity contribution >= 4 is 26.8 Å². The van der Waals surface area contributed by atoms with Crippen molar-refractivity contribution in [2.24, 2.45) is 0 Å². The fraction of sp³-hybridized carbons (Fsp3) is 0.167. The van der Waals surface area contributed by atoms with Crippen LogP contribution in [-0.2, 0) is 6.42 Å². The number of rotatable bonds is 4. The van der Waals surface area contributed by atoms with E-state index in [1.807, 2.05) is 19.3 Å². The number of likely N-dealkylation sites (N-methyl/N-ethyl adjacent to an activating group) is 1. The molecule has 0 fully saturated rings. The van der Waals surface area contributed by atoms with E-state index < -0.39 is 0 Å². The minimum Gasteiger partial charge on any atom is -0.313 e. The molecule has 1 N–H and O–H groups in total. The summed E-state index contributed by atoms with van der Waals surface area (Å²) in [4.78, 5) is 4.43. The molecule has 0 aliphatic rings. The summed E-state index contributed by atoms with van der Waals surface area (Å²) in [5, 5.41) is 4.65. The standard InChI is InChI=1S/C18H17BrN2/c1-20-18(13-6-8-15(19)9-7-13)12-14-10-11-21-17-5-3-2-4-16(14)17/h2-11,18,20H,12H2,1H3. The summed E-state index contributed by atoms with van der Waals surface area (Å²) in [5.74, 6) is 0. The second kappa shape index (κ2) is 6.37. The van der Waals surface area contributed by atoms with E-state index in [-0.39, 0.29) is 0 Å². The van der Waals surface area contributed by atoms with Gasteiger partial charge in [0.1, 0.15) is 0 Å². The Morgan fingerprint density at radius 2 is 1.81 bits per heavy atom. The molecule has 0 bridgehead atoms. The van der Waals surface area contributed by atoms with Gasteiger partial charge in [-0.1, -0.05) is 46.3 Å². The molecule has 0 aliphatic heterocycles. The third kappa shape index (κ3) is 3.14. The molecule has 0 radical (unpaired) electrons. The van der Waals surface area contributed by atoms with Gasteiger partial charge in [-0.25, -0.2) is 0 Å². The van der Waals surface area contributed by atoms with E-state index in [0.29, 0.717) is 6.04 Å². The summed E-state index contributed by atoms with van der Waals surface area (Å²) in [6, 6.07) is 19.2. The van der Waals surface area contributed by atoms with Gasteiger partial charge in [0, 0.05) is 22.1 Å². The Morgan fingerprint density at radius 1 is 1.05 bits per heavy atom. The van der Waals surface area contributed by atoms with E-state index in [2.05, 4.69) is 74.8 Å². The quantitative estimate of drug-likeness (QED) is 0.756. The molecule has 1 aromatic heterocycles. The van der Waals surface area contributed by atoms with Gasteiger partial charge < -0.3 is 5.32 Å². The van der Waals surface area contributed by atoms with Crippen molar-refractivity contribution in [2.45, 2.75) is 12.5 Å². The molecule has 3 rings (SSSR count). The van der Waals surface area contributed by atoms with Crippen LogP contribution in [0.4, 0.5) is 0 Å². The number of nitrogens with one attached hydrogen (secondary N) is 1. The van der Waals surface area contributed by atoms with Gasteiger partial charge in [-0.3, -0.25) is 4.98 Å². The highest BCUT2D eigenvalue weighted by atomic mass is 79.9. The summed E-state index contributed by atoms with van der Waals surface area (Å²) in [5.41, 5.74) is 3.67. The van der Waals surface area contributed by atoms with Crippen molar-refractivity contribution in [1.82, 2.24) is 10.3 Å². The highest BCUT2D eigenvalue weighted by Crippen LogP contribution is 2.24. The molecule has 0 saturated carbocycles. The summed E-state index contributed by atoms with van der Waals surface area (Å²) in [7, 11) is 2.01. The fourth-order valence-electron chi connectivity index (χ4n) is 2.63. The van der Waals surface area contributed by atoms with E-state index in [0.717, 1.165) is 16.4 Å². The first-order valence-electron chi connectivity index (χ1n) is 7.03. The molecule has 1 atom stereocenters. The molecular weight excluding hydrogens is 324 g/mol. The maximum Gasteiger partial charge on any atom is 0.0704 e. The van der Waals surface area contributed by atoms with Gasteiger partial charge in [-0.2, -0.15) is 0 Å². The topological polar surface area (TPSA) is 24.9 Å². The Kier molecular flexibility index (Phi) is 4.32. The minimum absolute atomic E-state index is 0.295. The summed E-state index contributed by atoms with van der Waals surface area (Å²) >= 11 is 3.49. The van der Waals surface area contributed by atoms with E-state index >= 15 is 0 Å². The van der Waals surface area contributed by atoms with Crippen LogP contribution in [0.15, 0.2) is 65.3 Å². The summed E-state index contributed by atoms with van der Waals surface area (Å²) in [6.07, 6.45) is 2.84. The van der Waals surface area contributed by atoms with Gasteiger partial charge in [0.05, 0.1) is 5.52 Å². The number of halogens is 1. The molecule has 3 heteroatoms. The second-order valence-electron chi connectivity index (χ2n) is 5.08. The molecule has 0 saturated heterocycles. The zero-order valence-corrected chi connectivity index (χ0v) is 13.5. The maximum atomic E-state index is 4.43. The van der Waals surface area contributed by atoms with Gasteiger partial charge in [-0.15, -0.1) is 0 Å². The van der Waals surface area contributed by atoms with Crippen molar-refractivity contribution in [1.29, 1.82) is 0 Å². The third-order valence-corrected chi connectivity index (χ3v) is 4.31. The largest absolute Gasteiger partial charge is 0.313 e. The van der Waals surface area contributed by atoms with E-state index in [1.165, 1.54) is 16.5 Å². The SMILES string of the molecule is CNC(Cc1ccnc2ccccc12)c1ccc(Br)cc1. The van der Waals surface area contributed by atoms with Gasteiger partial charge in [0.2, 0.25) is 0 Å². The van der Waals surface area contributed by atoms with Crippen LogP contribution in [0, 0.1) is 0 Å². The average molecular weight is 341 g/mol. The first-order valence-corrected chi connectivity index (χ1v) is 7.82. The predicted octanol–water partition coefficient (Wildman–Crippen LogP) is 4.50. The Morgan fingerprint density at radius 3 is 2.57 bits per heavy atom. The van der Waals surface area contributed by atoms with Crippen LogP contribution >= 0.6 is 15.9 Å². The zero-order chi connectivity index (χ0) is 14.7. The van der Waals surface area contributed by atoms with Gasteiger partial charge in [0.25, 0.3) is 0 Å². The van der Waals surface area contributed by atoms with E-state index in [9.17, 15) is 0 Å². The van der Waals surface area contributed by atoms with Crippen LogP contribution in [0.1, 0.15) is 17.2 Å². The lowest BCUT2D eigenvalue weighted by molar-refractivity contribution is 0.594. The fourth-order valence-corrected chi connectivity index (χ4v) is 2.90. The van der Waals surface area contributed by atoms with Crippen molar-refractivity contribution in [3.63, 3.8) is 0 Å². The number of fused-ring (bicyclic) bond motifs is 1. The maximum absolute atomic E-state index is 4.43. The van der Waals surface area contributed by atoms with Gasteiger partial charge in [0.15, 0.2) is 0 Å². The molecule has 3 aromatic rings. The lowest BCUT2D eigenvalue weighted by atomic mass is 9.97. The van der Waals surface area contributed by atoms with Crippen LogP contribution in [-0.4, -0.2) is 12.0 Å². The monoisotopic (exact) mass is 340 g/mol. The van der Waals surface area contributed by atoms with Crippen LogP contribution in [0.25, 0.3) is 10.9 Å². The third-order valence-electron chi connectivity index (χ3n) is 3.78. The normalized spacial score (nSPS) is 12.5. The van der Waals surface area contributed by atoms with Crippen LogP contribution in [0.2, 0.25) is 0 Å². The number of nitrogens with zero attached hydrogens (tertiary/aromatic N) is 1. The number of hydrogen-bond acceptors (Lipinski definition) is 2. The Labute approximate surface area is 133 Å². The molecule has 1 heterocycles. The first-order chi connectivity index (χ1) is 10.3. The van der Waals surface area contributed by atoms with Crippen molar-refractivity contribution < 1.29 is 0 Å². The molecule has 0 aliphatic carbocycles. The number of benzene rings is 2. The second-order valence-corrected chi connectivity index (χ2v) is 6.00. The van der Waals surface area contributed by atoms with Gasteiger partial charge in [-0.05, 0) is 48.9 Å². The lowest BCUT2D eigenvalue weighted by Crippen LogP contribution is -2.18. The molecule has 0 amide bonds. The predicted molar refractivity (Wildman–Crippen MR) is 91.4 cm³/mol. The zero-order valence-electron chi connectivity index (χ0n) is 11.9. The molecule has 1 unspecified atom stereocenters. The summed E-state index contributed by atoms with van der Waals surface area (Å²) in [6.45, 7) is 0. The van der Waals surface area contributed by atoms with Crippen LogP contribution in [0.5, 0.6) is 0 Å². The van der Waals surface area contributed by atoms with Gasteiger partial charge >= 0.3 is 0 Å². The Balaban J connectivity index is 1.94. The smallest absolute Gasteiger partial charge is 0.0704 e. The lowest BCUT2D eigenvalue weighted by Gasteiger charge is -2.18. The highest BCUT2D eigenvalue weighted by molar-refractivity contribution is 9.10. The highest BCUT2D eigenvalue weighted by Gasteiger charge is 2.12. The molecule has 2 nitrogen and oxygen atoms in total. The number of aromatic nitrogens is 1. The molecule has 106 valence electrons. The first kappa shape index (κ1) is 14.2. The van der Waals surface area contributed by atoms with E-state index in [1.54, 1.807) is 0 Å². The molecule has 21 heavy (non-hydrogen) atoms. The van der Waals surface area contributed by atoms with Crippen molar-refractivity contribution in [2.75, 3.05) is 7.05 Å². The molecule has 2 aromatic carbocycles. The van der Waals surface area contributed by atoms with Crippen molar-refractivity contribution in [3.8, 4) is 0 Å². The van der Waals surface area contributed by atoms with Crippen LogP contribution in [0.3, 0.4) is 0 Å². The van der Waals surface area contributed by atoms with Crippen molar-refractivity contribution in [3.05, 3.63) is 76.4 Å². The van der Waals surface area contributed by atoms with Crippen LogP contribution < -0.4 is 5.32 Å².